The van der Waals surface area contributed by atoms with Crippen LogP contribution in [0, 0.1) is 0 Å². The van der Waals surface area contributed by atoms with Crippen molar-refractivity contribution in [2.75, 3.05) is 0 Å². The van der Waals surface area contributed by atoms with Gasteiger partial charge in [0.1, 0.15) is 5.75 Å². The molecule has 0 aliphatic heterocycles. The minimum atomic E-state index is -0.251. The molecule has 0 aliphatic rings. The monoisotopic (exact) mass is 357 g/mol. The summed E-state index contributed by atoms with van der Waals surface area (Å²) in [4.78, 5) is 16.4. The molecular weight excluding hydrogens is 338 g/mol. The lowest BCUT2D eigenvalue weighted by Crippen LogP contribution is -2.19. The molecule has 5 heteroatoms. The number of para-hydroxylation sites is 1. The van der Waals surface area contributed by atoms with Crippen LogP contribution in [-0.2, 0) is 0 Å². The molecule has 3 rings (SSSR count). The summed E-state index contributed by atoms with van der Waals surface area (Å²) in [5, 5.41) is 13.9. The van der Waals surface area contributed by atoms with Crippen LogP contribution in [-0.4, -0.2) is 22.9 Å². The van der Waals surface area contributed by atoms with E-state index in [1.54, 1.807) is 48.7 Å². The Morgan fingerprint density at radius 2 is 1.56 bits per heavy atom. The highest BCUT2D eigenvalue weighted by atomic mass is 16.3. The Balaban J connectivity index is 1.66. The van der Waals surface area contributed by atoms with Crippen LogP contribution < -0.4 is 5.43 Å². The van der Waals surface area contributed by atoms with E-state index < -0.39 is 0 Å². The van der Waals surface area contributed by atoms with Crippen LogP contribution in [0.1, 0.15) is 28.4 Å². The van der Waals surface area contributed by atoms with Gasteiger partial charge < -0.3 is 5.11 Å². The highest BCUT2D eigenvalue weighted by Gasteiger charge is 2.04. The lowest BCUT2D eigenvalue weighted by molar-refractivity contribution is 0.0955. The maximum absolute atomic E-state index is 12.0. The van der Waals surface area contributed by atoms with Gasteiger partial charge in [-0.3, -0.25) is 9.79 Å². The molecule has 0 saturated carbocycles. The first kappa shape index (κ1) is 18.1. The number of hydrazone groups is 1. The molecule has 1 amide bonds. The van der Waals surface area contributed by atoms with Gasteiger partial charge in [-0.05, 0) is 48.9 Å². The minimum Gasteiger partial charge on any atom is -0.507 e. The lowest BCUT2D eigenvalue weighted by atomic mass is 10.1. The molecule has 0 atom stereocenters. The average molecular weight is 357 g/mol. The van der Waals surface area contributed by atoms with Gasteiger partial charge in [-0.1, -0.05) is 42.5 Å². The second-order valence-corrected chi connectivity index (χ2v) is 5.87. The van der Waals surface area contributed by atoms with Gasteiger partial charge >= 0.3 is 0 Å². The molecular formula is C22H19N3O2. The fourth-order valence-electron chi connectivity index (χ4n) is 2.38. The Hall–Kier alpha value is -3.73. The third-order valence-corrected chi connectivity index (χ3v) is 3.94. The summed E-state index contributed by atoms with van der Waals surface area (Å²) in [6.45, 7) is 1.82. The van der Waals surface area contributed by atoms with Gasteiger partial charge in [0.2, 0.25) is 0 Å². The van der Waals surface area contributed by atoms with Crippen LogP contribution in [0.3, 0.4) is 0 Å². The smallest absolute Gasteiger partial charge is 0.271 e. The number of hydrogen-bond acceptors (Lipinski definition) is 4. The van der Waals surface area contributed by atoms with E-state index in [2.05, 4.69) is 15.5 Å². The van der Waals surface area contributed by atoms with Crippen LogP contribution in [0.4, 0.5) is 5.69 Å². The summed E-state index contributed by atoms with van der Waals surface area (Å²) in [7, 11) is 0. The molecule has 0 bridgehead atoms. The van der Waals surface area contributed by atoms with Crippen LogP contribution in [0.2, 0.25) is 0 Å². The Labute approximate surface area is 157 Å². The first-order chi connectivity index (χ1) is 13.1. The van der Waals surface area contributed by atoms with E-state index in [4.69, 9.17) is 0 Å². The highest BCUT2D eigenvalue weighted by Crippen LogP contribution is 2.17. The third kappa shape index (κ3) is 4.89. The van der Waals surface area contributed by atoms with Crippen LogP contribution in [0.15, 0.2) is 89.0 Å². The molecule has 0 spiro atoms. The second kappa shape index (κ2) is 8.58. The van der Waals surface area contributed by atoms with E-state index >= 15 is 0 Å². The summed E-state index contributed by atoms with van der Waals surface area (Å²) in [6.07, 6.45) is 1.62. The van der Waals surface area contributed by atoms with Gasteiger partial charge in [0.05, 0.1) is 11.4 Å². The van der Waals surface area contributed by atoms with E-state index in [9.17, 15) is 9.90 Å². The summed E-state index contributed by atoms with van der Waals surface area (Å²) < 4.78 is 0. The number of aromatic hydroxyl groups is 1. The Bertz CT molecular complexity index is 978. The number of carbonyl (C=O) groups is 1. The van der Waals surface area contributed by atoms with Gasteiger partial charge in [0, 0.05) is 17.3 Å². The molecule has 134 valence electrons. The van der Waals surface area contributed by atoms with Crippen molar-refractivity contribution in [1.82, 2.24) is 5.43 Å². The Morgan fingerprint density at radius 1 is 0.889 bits per heavy atom. The normalized spacial score (nSPS) is 11.5. The number of aliphatic imine (C=N–C) groups is 1. The largest absolute Gasteiger partial charge is 0.507 e. The number of rotatable bonds is 5. The van der Waals surface area contributed by atoms with Crippen molar-refractivity contribution in [3.05, 3.63) is 95.6 Å². The second-order valence-electron chi connectivity index (χ2n) is 5.87. The van der Waals surface area contributed by atoms with Crippen molar-refractivity contribution < 1.29 is 9.90 Å². The van der Waals surface area contributed by atoms with Crippen LogP contribution in [0.5, 0.6) is 5.75 Å². The van der Waals surface area contributed by atoms with Crippen LogP contribution >= 0.6 is 0 Å². The average Bonchev–Trinajstić information content (AvgIpc) is 2.72. The number of phenolic OH excluding ortho intramolecular Hbond substituents is 1. The maximum Gasteiger partial charge on any atom is 0.271 e. The molecule has 3 aromatic carbocycles. The van der Waals surface area contributed by atoms with Gasteiger partial charge in [0.15, 0.2) is 0 Å². The summed E-state index contributed by atoms with van der Waals surface area (Å²) >= 11 is 0. The van der Waals surface area contributed by atoms with Gasteiger partial charge in [-0.2, -0.15) is 5.10 Å². The standard InChI is InChI=1S/C22H19N3O2/c1-16(24-25-22(27)18-7-3-2-4-8-18)17-11-13-20(14-12-17)23-15-19-9-5-6-10-21(19)26/h2-15,26H,1H3,(H,25,27)/b23-15?,24-16-. The third-order valence-electron chi connectivity index (χ3n) is 3.94. The van der Waals surface area contributed by atoms with Gasteiger partial charge in [-0.25, -0.2) is 5.43 Å². The molecule has 0 aromatic heterocycles. The lowest BCUT2D eigenvalue weighted by Gasteiger charge is -2.04. The zero-order valence-corrected chi connectivity index (χ0v) is 14.8. The summed E-state index contributed by atoms with van der Waals surface area (Å²) in [6, 6.07) is 23.4. The maximum atomic E-state index is 12.0. The molecule has 0 unspecified atom stereocenters. The molecule has 27 heavy (non-hydrogen) atoms. The quantitative estimate of drug-likeness (QED) is 0.528. The molecule has 5 nitrogen and oxygen atoms in total. The molecule has 2 N–H and O–H groups in total. The molecule has 0 saturated heterocycles. The number of nitrogens with one attached hydrogen (secondary N) is 1. The zero-order chi connectivity index (χ0) is 19.1. The van der Waals surface area contributed by atoms with E-state index in [-0.39, 0.29) is 11.7 Å². The van der Waals surface area contributed by atoms with E-state index in [1.807, 2.05) is 43.3 Å². The number of hydrogen-bond donors (Lipinski definition) is 2. The Morgan fingerprint density at radius 3 is 2.26 bits per heavy atom. The summed E-state index contributed by atoms with van der Waals surface area (Å²) in [5.41, 5.74) is 6.09. The topological polar surface area (TPSA) is 74.0 Å². The van der Waals surface area contributed by atoms with Crippen molar-refractivity contribution in [3.63, 3.8) is 0 Å². The minimum absolute atomic E-state index is 0.190. The van der Waals surface area contributed by atoms with E-state index in [1.165, 1.54) is 0 Å². The molecule has 0 heterocycles. The summed E-state index contributed by atoms with van der Waals surface area (Å²) in [5.74, 6) is -0.0613. The van der Waals surface area contributed by atoms with Gasteiger partial charge in [-0.15, -0.1) is 0 Å². The first-order valence-corrected chi connectivity index (χ1v) is 8.45. The Kier molecular flexibility index (Phi) is 5.74. The molecule has 0 fully saturated rings. The van der Waals surface area contributed by atoms with Crippen molar-refractivity contribution in [3.8, 4) is 5.75 Å². The molecule has 0 aliphatic carbocycles. The first-order valence-electron chi connectivity index (χ1n) is 8.45. The van der Waals surface area contributed by atoms with Gasteiger partial charge in [0.25, 0.3) is 5.91 Å². The fourth-order valence-corrected chi connectivity index (χ4v) is 2.38. The number of phenols is 1. The number of benzene rings is 3. The zero-order valence-electron chi connectivity index (χ0n) is 14.8. The predicted molar refractivity (Wildman–Crippen MR) is 108 cm³/mol. The highest BCUT2D eigenvalue weighted by molar-refractivity contribution is 6.01. The number of amides is 1. The van der Waals surface area contributed by atoms with Crippen molar-refractivity contribution in [1.29, 1.82) is 0 Å². The SMILES string of the molecule is C/C(=N/NC(=O)c1ccccc1)c1ccc(N=Cc2ccccc2O)cc1. The van der Waals surface area contributed by atoms with Crippen molar-refractivity contribution in [2.24, 2.45) is 10.1 Å². The fraction of sp³-hybridized carbons (Fsp3) is 0.0455. The van der Waals surface area contributed by atoms with Crippen molar-refractivity contribution in [2.45, 2.75) is 6.92 Å². The van der Waals surface area contributed by atoms with Crippen LogP contribution in [0.25, 0.3) is 0 Å². The predicted octanol–water partition coefficient (Wildman–Crippen LogP) is 4.30. The van der Waals surface area contributed by atoms with Crippen molar-refractivity contribution >= 4 is 23.5 Å². The van der Waals surface area contributed by atoms with E-state index in [0.29, 0.717) is 16.8 Å². The molecule has 0 radical (unpaired) electrons. The number of carbonyl (C=O) groups excluding carboxylic acids is 1. The van der Waals surface area contributed by atoms with E-state index in [0.717, 1.165) is 11.3 Å². The molecule has 3 aromatic rings. The number of nitrogens with zero attached hydrogens (tertiary/aromatic N) is 2.